The summed E-state index contributed by atoms with van der Waals surface area (Å²) in [4.78, 5) is 15.3. The Morgan fingerprint density at radius 2 is 2.44 bits per heavy atom. The van der Waals surface area contributed by atoms with Crippen molar-refractivity contribution in [3.8, 4) is 0 Å². The molecule has 3 nitrogen and oxygen atoms in total. The molecule has 88 valence electrons. The van der Waals surface area contributed by atoms with Gasteiger partial charge >= 0.3 is 0 Å². The van der Waals surface area contributed by atoms with E-state index in [1.54, 1.807) is 0 Å². The zero-order chi connectivity index (χ0) is 11.5. The molecule has 2 rings (SSSR count). The lowest BCUT2D eigenvalue weighted by Crippen LogP contribution is -2.41. The highest BCUT2D eigenvalue weighted by Gasteiger charge is 2.19. The summed E-state index contributed by atoms with van der Waals surface area (Å²) in [6, 6.07) is 2.40. The van der Waals surface area contributed by atoms with Gasteiger partial charge in [-0.3, -0.25) is 9.69 Å². The molecule has 16 heavy (non-hydrogen) atoms. The van der Waals surface area contributed by atoms with Crippen molar-refractivity contribution in [2.24, 2.45) is 0 Å². The maximum atomic E-state index is 11.6. The van der Waals surface area contributed by atoms with E-state index in [1.165, 1.54) is 10.4 Å². The van der Waals surface area contributed by atoms with Gasteiger partial charge in [0.25, 0.3) is 0 Å². The fraction of sp³-hybridized carbons (Fsp3) is 0.583. The quantitative estimate of drug-likeness (QED) is 0.868. The molecule has 1 N–H and O–H groups in total. The van der Waals surface area contributed by atoms with E-state index in [9.17, 15) is 4.79 Å². The topological polar surface area (TPSA) is 32.3 Å². The fourth-order valence-electron chi connectivity index (χ4n) is 2.01. The smallest absolute Gasteiger partial charge is 0.234 e. The van der Waals surface area contributed by atoms with Crippen LogP contribution in [0.3, 0.4) is 0 Å². The van der Waals surface area contributed by atoms with E-state index >= 15 is 0 Å². The van der Waals surface area contributed by atoms with E-state index in [4.69, 9.17) is 0 Å². The predicted molar refractivity (Wildman–Crippen MR) is 66.6 cm³/mol. The Morgan fingerprint density at radius 1 is 1.62 bits per heavy atom. The number of rotatable bonds is 3. The number of hydrogen-bond donors (Lipinski definition) is 1. The van der Waals surface area contributed by atoms with Gasteiger partial charge in [-0.05, 0) is 37.3 Å². The van der Waals surface area contributed by atoms with Crippen LogP contribution in [0.25, 0.3) is 0 Å². The third-order valence-corrected chi connectivity index (χ3v) is 3.73. The van der Waals surface area contributed by atoms with Gasteiger partial charge in [0.2, 0.25) is 5.91 Å². The molecule has 0 saturated carbocycles. The van der Waals surface area contributed by atoms with Gasteiger partial charge < -0.3 is 5.32 Å². The third-order valence-electron chi connectivity index (χ3n) is 2.70. The van der Waals surface area contributed by atoms with Gasteiger partial charge in [0.15, 0.2) is 0 Å². The van der Waals surface area contributed by atoms with Crippen LogP contribution in [-0.2, 0) is 17.8 Å². The van der Waals surface area contributed by atoms with Crippen LogP contribution in [0.2, 0.25) is 0 Å². The second kappa shape index (κ2) is 4.97. The average Bonchev–Trinajstić information content (AvgIpc) is 2.63. The Kier molecular flexibility index (Phi) is 3.61. The van der Waals surface area contributed by atoms with Crippen molar-refractivity contribution in [2.75, 3.05) is 13.1 Å². The highest BCUT2D eigenvalue weighted by atomic mass is 32.1. The van der Waals surface area contributed by atoms with E-state index in [1.807, 2.05) is 25.2 Å². The molecule has 1 aromatic rings. The van der Waals surface area contributed by atoms with Crippen LogP contribution in [0.4, 0.5) is 0 Å². The molecule has 0 radical (unpaired) electrons. The molecule has 1 aliphatic rings. The first-order valence-electron chi connectivity index (χ1n) is 5.72. The number of carbonyl (C=O) groups is 1. The van der Waals surface area contributed by atoms with Crippen molar-refractivity contribution in [1.82, 2.24) is 10.2 Å². The monoisotopic (exact) mass is 238 g/mol. The van der Waals surface area contributed by atoms with Crippen LogP contribution in [0.5, 0.6) is 0 Å². The SMILES string of the molecule is CC(C)NC(=O)CN1CCc2sccc2C1. The zero-order valence-electron chi connectivity index (χ0n) is 9.82. The number of nitrogens with zero attached hydrogens (tertiary/aromatic N) is 1. The normalized spacial score (nSPS) is 16.2. The van der Waals surface area contributed by atoms with Crippen LogP contribution in [0.15, 0.2) is 11.4 Å². The van der Waals surface area contributed by atoms with Crippen molar-refractivity contribution < 1.29 is 4.79 Å². The van der Waals surface area contributed by atoms with Crippen LogP contribution in [-0.4, -0.2) is 29.9 Å². The Hall–Kier alpha value is -0.870. The number of hydrogen-bond acceptors (Lipinski definition) is 3. The Balaban J connectivity index is 1.87. The molecule has 0 fully saturated rings. The third kappa shape index (κ3) is 2.83. The summed E-state index contributed by atoms with van der Waals surface area (Å²) in [5.74, 6) is 0.133. The van der Waals surface area contributed by atoms with Crippen LogP contribution < -0.4 is 5.32 Å². The number of nitrogens with one attached hydrogen (secondary N) is 1. The van der Waals surface area contributed by atoms with Crippen molar-refractivity contribution >= 4 is 17.2 Å². The summed E-state index contributed by atoms with van der Waals surface area (Å²) in [7, 11) is 0. The molecule has 0 atom stereocenters. The molecular weight excluding hydrogens is 220 g/mol. The second-order valence-electron chi connectivity index (χ2n) is 4.55. The van der Waals surface area contributed by atoms with E-state index in [2.05, 4.69) is 21.7 Å². The highest BCUT2D eigenvalue weighted by Crippen LogP contribution is 2.23. The summed E-state index contributed by atoms with van der Waals surface area (Å²) in [6.07, 6.45) is 1.09. The van der Waals surface area contributed by atoms with Crippen LogP contribution in [0.1, 0.15) is 24.3 Å². The predicted octanol–water partition coefficient (Wildman–Crippen LogP) is 1.63. The summed E-state index contributed by atoms with van der Waals surface area (Å²) in [6.45, 7) is 6.42. The summed E-state index contributed by atoms with van der Waals surface area (Å²) in [5.41, 5.74) is 1.40. The number of thiophene rings is 1. The molecule has 0 saturated heterocycles. The Bertz CT molecular complexity index is 373. The van der Waals surface area contributed by atoms with Crippen molar-refractivity contribution in [1.29, 1.82) is 0 Å². The largest absolute Gasteiger partial charge is 0.353 e. The lowest BCUT2D eigenvalue weighted by atomic mass is 10.1. The molecule has 4 heteroatoms. The molecule has 1 aliphatic heterocycles. The first-order chi connectivity index (χ1) is 7.65. The van der Waals surface area contributed by atoms with Gasteiger partial charge in [-0.2, -0.15) is 0 Å². The molecular formula is C12H18N2OS. The van der Waals surface area contributed by atoms with Crippen LogP contribution >= 0.6 is 11.3 Å². The minimum atomic E-state index is 0.133. The lowest BCUT2D eigenvalue weighted by Gasteiger charge is -2.26. The summed E-state index contributed by atoms with van der Waals surface area (Å²) < 4.78 is 0. The maximum absolute atomic E-state index is 11.6. The molecule has 0 aromatic carbocycles. The molecule has 0 spiro atoms. The van der Waals surface area contributed by atoms with E-state index < -0.39 is 0 Å². The van der Waals surface area contributed by atoms with E-state index in [0.29, 0.717) is 6.54 Å². The maximum Gasteiger partial charge on any atom is 0.234 e. The van der Waals surface area contributed by atoms with Crippen molar-refractivity contribution in [3.05, 3.63) is 21.9 Å². The Morgan fingerprint density at radius 3 is 3.19 bits per heavy atom. The van der Waals surface area contributed by atoms with Crippen LogP contribution in [0, 0.1) is 0 Å². The standard InChI is InChI=1S/C12H18N2OS/c1-9(2)13-12(15)8-14-5-3-11-10(7-14)4-6-16-11/h4,6,9H,3,5,7-8H2,1-2H3,(H,13,15). The molecule has 0 aliphatic carbocycles. The van der Waals surface area contributed by atoms with Gasteiger partial charge in [0, 0.05) is 24.0 Å². The molecule has 2 heterocycles. The number of amides is 1. The lowest BCUT2D eigenvalue weighted by molar-refractivity contribution is -0.122. The Labute approximate surface area is 100 Å². The average molecular weight is 238 g/mol. The van der Waals surface area contributed by atoms with Crippen molar-refractivity contribution in [3.63, 3.8) is 0 Å². The van der Waals surface area contributed by atoms with Gasteiger partial charge in [0.1, 0.15) is 0 Å². The van der Waals surface area contributed by atoms with Gasteiger partial charge in [0.05, 0.1) is 6.54 Å². The number of carbonyl (C=O) groups excluding carboxylic acids is 1. The summed E-state index contributed by atoms with van der Waals surface area (Å²) in [5, 5.41) is 5.07. The highest BCUT2D eigenvalue weighted by molar-refractivity contribution is 7.10. The minimum Gasteiger partial charge on any atom is -0.353 e. The van der Waals surface area contributed by atoms with Gasteiger partial charge in [-0.25, -0.2) is 0 Å². The second-order valence-corrected chi connectivity index (χ2v) is 5.55. The minimum absolute atomic E-state index is 0.133. The summed E-state index contributed by atoms with van der Waals surface area (Å²) >= 11 is 1.83. The van der Waals surface area contributed by atoms with E-state index in [0.717, 1.165) is 19.5 Å². The van der Waals surface area contributed by atoms with Crippen molar-refractivity contribution in [2.45, 2.75) is 32.9 Å². The molecule has 0 bridgehead atoms. The zero-order valence-corrected chi connectivity index (χ0v) is 10.6. The molecule has 1 amide bonds. The van der Waals surface area contributed by atoms with E-state index in [-0.39, 0.29) is 11.9 Å². The fourth-order valence-corrected chi connectivity index (χ4v) is 2.90. The first-order valence-corrected chi connectivity index (χ1v) is 6.60. The first kappa shape index (κ1) is 11.6. The van der Waals surface area contributed by atoms with Gasteiger partial charge in [-0.15, -0.1) is 11.3 Å². The number of fused-ring (bicyclic) bond motifs is 1. The van der Waals surface area contributed by atoms with Gasteiger partial charge in [-0.1, -0.05) is 0 Å². The molecule has 0 unspecified atom stereocenters. The molecule has 1 aromatic heterocycles.